The van der Waals surface area contributed by atoms with E-state index in [1.165, 1.54) is 11.3 Å². The fourth-order valence-electron chi connectivity index (χ4n) is 3.75. The third kappa shape index (κ3) is 4.88. The highest BCUT2D eigenvalue weighted by Crippen LogP contribution is 2.29. The van der Waals surface area contributed by atoms with E-state index in [0.717, 1.165) is 23.5 Å². The molecule has 0 aromatic carbocycles. The summed E-state index contributed by atoms with van der Waals surface area (Å²) in [4.78, 5) is 27.6. The minimum absolute atomic E-state index is 0.0139. The fourth-order valence-corrected chi connectivity index (χ4v) is 4.47. The molecule has 2 aliphatic rings. The lowest BCUT2D eigenvalue weighted by atomic mass is 9.94. The summed E-state index contributed by atoms with van der Waals surface area (Å²) in [5.41, 5.74) is 0.919. The summed E-state index contributed by atoms with van der Waals surface area (Å²) >= 11 is 1.49. The van der Waals surface area contributed by atoms with Crippen molar-refractivity contribution >= 4 is 23.1 Å². The molecular weight excluding hydrogens is 405 g/mol. The van der Waals surface area contributed by atoms with Gasteiger partial charge in [-0.2, -0.15) is 4.98 Å². The van der Waals surface area contributed by atoms with Gasteiger partial charge >= 0.3 is 0 Å². The smallest absolute Gasteiger partial charge is 0.225 e. The van der Waals surface area contributed by atoms with Crippen molar-refractivity contribution in [2.75, 3.05) is 18.4 Å². The second-order valence-electron chi connectivity index (χ2n) is 8.44. The molecule has 30 heavy (non-hydrogen) atoms. The number of halogens is 1. The normalized spacial score (nSPS) is 22.1. The van der Waals surface area contributed by atoms with Crippen LogP contribution in [0.1, 0.15) is 45.2 Å². The molecule has 0 radical (unpaired) electrons. The van der Waals surface area contributed by atoms with Crippen LogP contribution in [0.15, 0.2) is 11.4 Å². The summed E-state index contributed by atoms with van der Waals surface area (Å²) in [5.74, 6) is 1.78. The van der Waals surface area contributed by atoms with Gasteiger partial charge in [0.2, 0.25) is 11.8 Å². The first kappa shape index (κ1) is 21.0. The average molecular weight is 434 g/mol. The third-order valence-corrected chi connectivity index (χ3v) is 6.42. The molecule has 1 saturated carbocycles. The molecular formula is C21H28FN5O2S. The number of aryl methyl sites for hydroxylation is 1. The topological polar surface area (TPSA) is 80.2 Å². The van der Waals surface area contributed by atoms with Crippen LogP contribution >= 0.6 is 11.3 Å². The van der Waals surface area contributed by atoms with Crippen LogP contribution in [0.5, 0.6) is 5.88 Å². The molecule has 4 rings (SSSR count). The van der Waals surface area contributed by atoms with Gasteiger partial charge in [0, 0.05) is 29.1 Å². The SMILES string of the molecule is Cc1csc(-c2nc(NC3CCC(F)CC3)cc(OC3CN(C(=O)C(C)C)C3)n2)n1. The van der Waals surface area contributed by atoms with Gasteiger partial charge in [-0.05, 0) is 32.6 Å². The summed E-state index contributed by atoms with van der Waals surface area (Å²) < 4.78 is 19.5. The molecule has 1 aliphatic heterocycles. The zero-order valence-corrected chi connectivity index (χ0v) is 18.4. The van der Waals surface area contributed by atoms with E-state index in [1.807, 2.05) is 26.2 Å². The number of aromatic nitrogens is 3. The Balaban J connectivity index is 1.49. The van der Waals surface area contributed by atoms with Crippen LogP contribution in [0.3, 0.4) is 0 Å². The number of nitrogens with one attached hydrogen (secondary N) is 1. The Bertz CT molecular complexity index is 891. The summed E-state index contributed by atoms with van der Waals surface area (Å²) in [6.45, 7) is 6.87. The Hall–Kier alpha value is -2.29. The number of carbonyl (C=O) groups excluding carboxylic acids is 1. The van der Waals surface area contributed by atoms with E-state index in [0.29, 0.717) is 43.5 Å². The number of hydrogen-bond acceptors (Lipinski definition) is 7. The van der Waals surface area contributed by atoms with Gasteiger partial charge in [0.25, 0.3) is 0 Å². The van der Waals surface area contributed by atoms with Crippen molar-refractivity contribution in [1.82, 2.24) is 19.9 Å². The maximum absolute atomic E-state index is 13.5. The summed E-state index contributed by atoms with van der Waals surface area (Å²) in [6, 6.07) is 1.98. The Morgan fingerprint density at radius 3 is 2.60 bits per heavy atom. The number of alkyl halides is 1. The Morgan fingerprint density at radius 1 is 1.23 bits per heavy atom. The molecule has 1 amide bonds. The molecule has 162 valence electrons. The molecule has 1 N–H and O–H groups in total. The van der Waals surface area contributed by atoms with Gasteiger partial charge in [-0.15, -0.1) is 11.3 Å². The average Bonchev–Trinajstić information content (AvgIpc) is 3.12. The maximum atomic E-state index is 13.5. The van der Waals surface area contributed by atoms with E-state index < -0.39 is 6.17 Å². The van der Waals surface area contributed by atoms with Crippen LogP contribution in [-0.2, 0) is 4.79 Å². The molecule has 0 unspecified atom stereocenters. The lowest BCUT2D eigenvalue weighted by molar-refractivity contribution is -0.143. The molecule has 9 heteroatoms. The number of rotatable bonds is 6. The molecule has 1 aliphatic carbocycles. The van der Waals surface area contributed by atoms with Crippen LogP contribution in [0.2, 0.25) is 0 Å². The standard InChI is InChI=1S/C21H28FN5O2S/c1-12(2)21(28)27-9-16(10-27)29-18-8-17(24-15-6-4-14(22)5-7-15)25-19(26-18)20-23-13(3)11-30-20/h8,11-12,14-16H,4-7,9-10H2,1-3H3,(H,24,25,26). The number of thiazole rings is 1. The Labute approximate surface area is 180 Å². The summed E-state index contributed by atoms with van der Waals surface area (Å²) in [5, 5.41) is 6.12. The van der Waals surface area contributed by atoms with Crippen molar-refractivity contribution < 1.29 is 13.9 Å². The van der Waals surface area contributed by atoms with E-state index >= 15 is 0 Å². The number of likely N-dealkylation sites (tertiary alicyclic amines) is 1. The second kappa shape index (κ2) is 8.83. The number of nitrogens with zero attached hydrogens (tertiary/aromatic N) is 4. The van der Waals surface area contributed by atoms with Crippen LogP contribution in [0.25, 0.3) is 10.8 Å². The van der Waals surface area contributed by atoms with Gasteiger partial charge in [0.05, 0.1) is 13.1 Å². The monoisotopic (exact) mass is 433 g/mol. The zero-order chi connectivity index (χ0) is 21.3. The van der Waals surface area contributed by atoms with Crippen LogP contribution < -0.4 is 10.1 Å². The molecule has 7 nitrogen and oxygen atoms in total. The maximum Gasteiger partial charge on any atom is 0.225 e. The molecule has 0 spiro atoms. The van der Waals surface area contributed by atoms with Crippen molar-refractivity contribution in [3.05, 3.63) is 17.1 Å². The predicted octanol–water partition coefficient (Wildman–Crippen LogP) is 3.85. The molecule has 1 saturated heterocycles. The summed E-state index contributed by atoms with van der Waals surface area (Å²) in [7, 11) is 0. The van der Waals surface area contributed by atoms with E-state index in [9.17, 15) is 9.18 Å². The first-order valence-electron chi connectivity index (χ1n) is 10.5. The van der Waals surface area contributed by atoms with Crippen molar-refractivity contribution in [2.45, 2.75) is 64.8 Å². The molecule has 2 aromatic heterocycles. The van der Waals surface area contributed by atoms with E-state index in [1.54, 1.807) is 11.0 Å². The molecule has 2 aromatic rings. The van der Waals surface area contributed by atoms with Gasteiger partial charge in [-0.3, -0.25) is 4.79 Å². The van der Waals surface area contributed by atoms with Crippen LogP contribution in [-0.4, -0.2) is 57.2 Å². The molecule has 2 fully saturated rings. The Morgan fingerprint density at radius 2 is 1.97 bits per heavy atom. The molecule has 0 bridgehead atoms. The van der Waals surface area contributed by atoms with Crippen LogP contribution in [0.4, 0.5) is 10.2 Å². The van der Waals surface area contributed by atoms with Crippen molar-refractivity contribution in [3.8, 4) is 16.7 Å². The van der Waals surface area contributed by atoms with Gasteiger partial charge in [0.15, 0.2) is 10.8 Å². The molecule has 0 atom stereocenters. The first-order valence-corrected chi connectivity index (χ1v) is 11.4. The number of carbonyl (C=O) groups is 1. The highest BCUT2D eigenvalue weighted by Gasteiger charge is 2.33. The number of amides is 1. The largest absolute Gasteiger partial charge is 0.470 e. The van der Waals surface area contributed by atoms with Gasteiger partial charge in [0.1, 0.15) is 18.1 Å². The number of hydrogen-bond donors (Lipinski definition) is 1. The minimum Gasteiger partial charge on any atom is -0.470 e. The van der Waals surface area contributed by atoms with E-state index in [-0.39, 0.29) is 24.0 Å². The second-order valence-corrected chi connectivity index (χ2v) is 9.30. The lowest BCUT2D eigenvalue weighted by Crippen LogP contribution is -2.57. The highest BCUT2D eigenvalue weighted by molar-refractivity contribution is 7.13. The van der Waals surface area contributed by atoms with E-state index in [4.69, 9.17) is 4.74 Å². The third-order valence-electron chi connectivity index (χ3n) is 5.46. The zero-order valence-electron chi connectivity index (χ0n) is 17.6. The number of anilines is 1. The molecule has 3 heterocycles. The van der Waals surface area contributed by atoms with Crippen LogP contribution in [0, 0.1) is 12.8 Å². The van der Waals surface area contributed by atoms with Gasteiger partial charge < -0.3 is 15.0 Å². The van der Waals surface area contributed by atoms with Crippen molar-refractivity contribution in [3.63, 3.8) is 0 Å². The highest BCUT2D eigenvalue weighted by atomic mass is 32.1. The fraction of sp³-hybridized carbons (Fsp3) is 0.619. The Kier molecular flexibility index (Phi) is 6.17. The summed E-state index contributed by atoms with van der Waals surface area (Å²) in [6.07, 6.45) is 1.93. The minimum atomic E-state index is -0.698. The van der Waals surface area contributed by atoms with Gasteiger partial charge in [-0.1, -0.05) is 13.8 Å². The predicted molar refractivity (Wildman–Crippen MR) is 114 cm³/mol. The lowest BCUT2D eigenvalue weighted by Gasteiger charge is -2.39. The van der Waals surface area contributed by atoms with Crippen molar-refractivity contribution in [1.29, 1.82) is 0 Å². The van der Waals surface area contributed by atoms with Gasteiger partial charge in [-0.25, -0.2) is 14.4 Å². The first-order chi connectivity index (χ1) is 14.4. The quantitative estimate of drug-likeness (QED) is 0.745. The van der Waals surface area contributed by atoms with E-state index in [2.05, 4.69) is 20.3 Å². The number of ether oxygens (including phenoxy) is 1. The van der Waals surface area contributed by atoms with Crippen molar-refractivity contribution in [2.24, 2.45) is 5.92 Å².